The molecule has 1 aromatic carbocycles. The lowest BCUT2D eigenvalue weighted by atomic mass is 10.1. The molecule has 0 aliphatic heterocycles. The van der Waals surface area contributed by atoms with Crippen molar-refractivity contribution in [2.75, 3.05) is 19.5 Å². The molecule has 0 atom stereocenters. The van der Waals surface area contributed by atoms with Crippen LogP contribution in [0.25, 0.3) is 0 Å². The summed E-state index contributed by atoms with van der Waals surface area (Å²) in [4.78, 5) is 11.5. The topological polar surface area (TPSA) is 61.5 Å². The highest BCUT2D eigenvalue weighted by Gasteiger charge is 2.14. The van der Waals surface area contributed by atoms with E-state index in [9.17, 15) is 4.79 Å². The first kappa shape index (κ1) is 11.4. The zero-order valence-electron chi connectivity index (χ0n) is 9.16. The van der Waals surface area contributed by atoms with E-state index in [1.54, 1.807) is 33.1 Å². The maximum Gasteiger partial charge on any atom is 0.340 e. The largest absolute Gasteiger partial charge is 0.496 e. The van der Waals surface area contributed by atoms with Crippen LogP contribution in [0.4, 0.5) is 5.69 Å². The molecule has 0 fully saturated rings. The van der Waals surface area contributed by atoms with E-state index in [1.165, 1.54) is 0 Å². The number of nitrogens with two attached hydrogens (primary N) is 1. The van der Waals surface area contributed by atoms with Crippen molar-refractivity contribution in [3.63, 3.8) is 0 Å². The van der Waals surface area contributed by atoms with Crippen molar-refractivity contribution >= 4 is 11.7 Å². The van der Waals surface area contributed by atoms with E-state index in [4.69, 9.17) is 15.2 Å². The van der Waals surface area contributed by atoms with E-state index in [0.29, 0.717) is 23.6 Å². The fourth-order valence-corrected chi connectivity index (χ4v) is 1.32. The number of anilines is 1. The van der Waals surface area contributed by atoms with Crippen molar-refractivity contribution in [1.29, 1.82) is 0 Å². The Morgan fingerprint density at radius 1 is 1.47 bits per heavy atom. The van der Waals surface area contributed by atoms with E-state index in [2.05, 4.69) is 0 Å². The lowest BCUT2D eigenvalue weighted by Crippen LogP contribution is -2.09. The van der Waals surface area contributed by atoms with Gasteiger partial charge in [0.2, 0.25) is 0 Å². The molecule has 0 saturated heterocycles. The highest BCUT2D eigenvalue weighted by Crippen LogP contribution is 2.27. The molecule has 0 heterocycles. The molecule has 0 amide bonds. The summed E-state index contributed by atoms with van der Waals surface area (Å²) in [5.74, 6) is 0.265. The molecule has 0 spiro atoms. The second-order valence-electron chi connectivity index (χ2n) is 3.07. The Morgan fingerprint density at radius 3 is 2.67 bits per heavy atom. The molecule has 2 N–H and O–H groups in total. The van der Waals surface area contributed by atoms with Crippen LogP contribution >= 0.6 is 0 Å². The van der Waals surface area contributed by atoms with Gasteiger partial charge in [-0.3, -0.25) is 0 Å². The maximum atomic E-state index is 11.5. The predicted octanol–water partition coefficient (Wildman–Crippen LogP) is 1.76. The van der Waals surface area contributed by atoms with Gasteiger partial charge in [0.15, 0.2) is 0 Å². The molecule has 1 rings (SSSR count). The van der Waals surface area contributed by atoms with Gasteiger partial charge in [-0.2, -0.15) is 0 Å². The lowest BCUT2D eigenvalue weighted by Gasteiger charge is -2.11. The molecule has 15 heavy (non-hydrogen) atoms. The Balaban J connectivity index is 3.11. The quantitative estimate of drug-likeness (QED) is 0.608. The molecule has 0 bridgehead atoms. The first-order valence-electron chi connectivity index (χ1n) is 4.72. The number of benzene rings is 1. The zero-order valence-corrected chi connectivity index (χ0v) is 9.16. The van der Waals surface area contributed by atoms with Gasteiger partial charge in [-0.05, 0) is 26.0 Å². The molecule has 0 saturated carbocycles. The molecular weight excluding hydrogens is 194 g/mol. The van der Waals surface area contributed by atoms with Crippen molar-refractivity contribution in [2.45, 2.75) is 13.8 Å². The summed E-state index contributed by atoms with van der Waals surface area (Å²) in [6, 6.07) is 3.32. The molecule has 0 aliphatic rings. The Labute approximate surface area is 89.0 Å². The fourth-order valence-electron chi connectivity index (χ4n) is 1.32. The van der Waals surface area contributed by atoms with Crippen LogP contribution in [0.15, 0.2) is 12.1 Å². The lowest BCUT2D eigenvalue weighted by molar-refractivity contribution is 0.0527. The number of carbonyl (C=O) groups excluding carboxylic acids is 1. The highest BCUT2D eigenvalue weighted by atomic mass is 16.5. The van der Waals surface area contributed by atoms with Gasteiger partial charge in [-0.15, -0.1) is 0 Å². The Bertz CT molecular complexity index is 374. The van der Waals surface area contributed by atoms with Gasteiger partial charge in [0.05, 0.1) is 25.0 Å². The smallest absolute Gasteiger partial charge is 0.340 e. The third-order valence-electron chi connectivity index (χ3n) is 2.18. The van der Waals surface area contributed by atoms with Crippen LogP contribution < -0.4 is 10.5 Å². The van der Waals surface area contributed by atoms with Crippen LogP contribution in [0.2, 0.25) is 0 Å². The molecule has 0 unspecified atom stereocenters. The van der Waals surface area contributed by atoms with Gasteiger partial charge in [0, 0.05) is 5.56 Å². The first-order valence-corrected chi connectivity index (χ1v) is 4.72. The third-order valence-corrected chi connectivity index (χ3v) is 2.18. The molecule has 4 nitrogen and oxygen atoms in total. The molecule has 82 valence electrons. The minimum atomic E-state index is -0.402. The summed E-state index contributed by atoms with van der Waals surface area (Å²) in [5, 5.41) is 0. The van der Waals surface area contributed by atoms with E-state index >= 15 is 0 Å². The number of hydrogen-bond acceptors (Lipinski definition) is 4. The molecule has 0 aliphatic carbocycles. The highest BCUT2D eigenvalue weighted by molar-refractivity contribution is 5.96. The van der Waals surface area contributed by atoms with Gasteiger partial charge in [-0.25, -0.2) is 4.79 Å². The second-order valence-corrected chi connectivity index (χ2v) is 3.07. The number of hydrogen-bond donors (Lipinski definition) is 1. The number of rotatable bonds is 3. The predicted molar refractivity (Wildman–Crippen MR) is 58.1 cm³/mol. The summed E-state index contributed by atoms with van der Waals surface area (Å²) in [6.45, 7) is 3.89. The third kappa shape index (κ3) is 2.21. The van der Waals surface area contributed by atoms with E-state index in [0.717, 1.165) is 5.56 Å². The van der Waals surface area contributed by atoms with Crippen molar-refractivity contribution < 1.29 is 14.3 Å². The number of nitrogen functional groups attached to an aromatic ring is 1. The number of ether oxygens (including phenoxy) is 2. The molecule has 1 aromatic rings. The molecular formula is C11H15NO3. The van der Waals surface area contributed by atoms with Gasteiger partial charge < -0.3 is 15.2 Å². The minimum absolute atomic E-state index is 0.337. The maximum absolute atomic E-state index is 11.5. The number of methoxy groups -OCH3 is 1. The molecule has 4 heteroatoms. The Morgan fingerprint density at radius 2 is 2.13 bits per heavy atom. The second kappa shape index (κ2) is 4.68. The number of carbonyl (C=O) groups is 1. The van der Waals surface area contributed by atoms with Crippen molar-refractivity contribution in [1.82, 2.24) is 0 Å². The average molecular weight is 209 g/mol. The summed E-state index contributed by atoms with van der Waals surface area (Å²) in [7, 11) is 1.56. The summed E-state index contributed by atoms with van der Waals surface area (Å²) < 4.78 is 9.97. The van der Waals surface area contributed by atoms with Crippen molar-refractivity contribution in [3.8, 4) is 5.75 Å². The van der Waals surface area contributed by atoms with Crippen LogP contribution in [-0.4, -0.2) is 19.7 Å². The summed E-state index contributed by atoms with van der Waals surface area (Å²) >= 11 is 0. The standard InChI is InChI=1S/C11H15NO3/c1-4-15-11(13)8-5-6-9(14-3)7(2)10(8)12/h5-6H,4,12H2,1-3H3. The Kier molecular flexibility index (Phi) is 3.55. The first-order chi connectivity index (χ1) is 7.11. The van der Waals surface area contributed by atoms with Crippen molar-refractivity contribution in [2.24, 2.45) is 0 Å². The number of esters is 1. The average Bonchev–Trinajstić information content (AvgIpc) is 2.22. The van der Waals surface area contributed by atoms with Gasteiger partial charge in [0.1, 0.15) is 5.75 Å². The monoisotopic (exact) mass is 209 g/mol. The van der Waals surface area contributed by atoms with Crippen LogP contribution in [0.5, 0.6) is 5.75 Å². The normalized spacial score (nSPS) is 9.80. The van der Waals surface area contributed by atoms with E-state index in [1.807, 2.05) is 0 Å². The van der Waals surface area contributed by atoms with E-state index in [-0.39, 0.29) is 0 Å². The van der Waals surface area contributed by atoms with Gasteiger partial charge in [0.25, 0.3) is 0 Å². The molecule has 0 aromatic heterocycles. The Hall–Kier alpha value is -1.71. The zero-order chi connectivity index (χ0) is 11.4. The minimum Gasteiger partial charge on any atom is -0.496 e. The molecule has 0 radical (unpaired) electrons. The van der Waals surface area contributed by atoms with Crippen molar-refractivity contribution in [3.05, 3.63) is 23.3 Å². The van der Waals surface area contributed by atoms with E-state index < -0.39 is 5.97 Å². The van der Waals surface area contributed by atoms with Gasteiger partial charge in [-0.1, -0.05) is 0 Å². The SMILES string of the molecule is CCOC(=O)c1ccc(OC)c(C)c1N. The van der Waals surface area contributed by atoms with Crippen LogP contribution in [0.1, 0.15) is 22.8 Å². The van der Waals surface area contributed by atoms with Crippen LogP contribution in [-0.2, 0) is 4.74 Å². The fraction of sp³-hybridized carbons (Fsp3) is 0.364. The van der Waals surface area contributed by atoms with Gasteiger partial charge >= 0.3 is 5.97 Å². The summed E-state index contributed by atoms with van der Waals surface area (Å²) in [5.41, 5.74) is 7.36. The summed E-state index contributed by atoms with van der Waals surface area (Å²) in [6.07, 6.45) is 0. The van der Waals surface area contributed by atoms with Crippen LogP contribution in [0.3, 0.4) is 0 Å². The van der Waals surface area contributed by atoms with Crippen LogP contribution in [0, 0.1) is 6.92 Å².